The second-order valence-corrected chi connectivity index (χ2v) is 11.7. The Morgan fingerprint density at radius 1 is 1.05 bits per heavy atom. The highest BCUT2D eigenvalue weighted by molar-refractivity contribution is 6.63. The molecule has 0 aromatic heterocycles. The number of alkyl halides is 2. The molecule has 2 aromatic carbocycles. The molecule has 2 rings (SSSR count). The second kappa shape index (κ2) is 13.6. The molecule has 13 heteroatoms. The molecule has 0 radical (unpaired) electrons. The van der Waals surface area contributed by atoms with E-state index in [9.17, 15) is 14.0 Å². The van der Waals surface area contributed by atoms with Crippen molar-refractivity contribution in [1.29, 1.82) is 0 Å². The number of hydrogen-bond acceptors (Lipinski definition) is 5. The van der Waals surface area contributed by atoms with E-state index in [0.717, 1.165) is 11.3 Å². The smallest absolute Gasteiger partial charge is 0.328 e. The number of carbonyl (C=O) groups excluding carboxylic acids is 2. The summed E-state index contributed by atoms with van der Waals surface area (Å²) in [5, 5.41) is 2.38. The fourth-order valence-electron chi connectivity index (χ4n) is 3.83. The average Bonchev–Trinajstić information content (AvgIpc) is 2.83. The predicted molar refractivity (Wildman–Crippen MR) is 160 cm³/mol. The number of nitrogens with two attached hydrogens (primary N) is 1. The van der Waals surface area contributed by atoms with Gasteiger partial charge in [-0.15, -0.1) is 23.2 Å². The highest BCUT2D eigenvalue weighted by Gasteiger charge is 2.30. The molecule has 0 aliphatic carbocycles. The van der Waals surface area contributed by atoms with Gasteiger partial charge >= 0.3 is 5.97 Å². The summed E-state index contributed by atoms with van der Waals surface area (Å²) in [6.07, 6.45) is 0.438. The minimum absolute atomic E-state index is 0.162. The number of carbonyl (C=O) groups is 2. The van der Waals surface area contributed by atoms with E-state index in [1.54, 1.807) is 19.1 Å². The third kappa shape index (κ3) is 9.95. The number of esters is 1. The van der Waals surface area contributed by atoms with Crippen LogP contribution < -0.4 is 16.0 Å². The van der Waals surface area contributed by atoms with Crippen molar-refractivity contribution in [2.24, 2.45) is 5.73 Å². The third-order valence-electron chi connectivity index (χ3n) is 5.87. The topological polar surface area (TPSA) is 84.7 Å². The van der Waals surface area contributed by atoms with Gasteiger partial charge in [0, 0.05) is 29.2 Å². The zero-order valence-corrected chi connectivity index (χ0v) is 23.7. The molecule has 0 aliphatic rings. The van der Waals surface area contributed by atoms with Crippen LogP contribution in [-0.4, -0.2) is 84.4 Å². The summed E-state index contributed by atoms with van der Waals surface area (Å²) in [6.45, 7) is 2.46. The monoisotopic (exact) mass is 545 g/mol. The van der Waals surface area contributed by atoms with Crippen LogP contribution in [0.15, 0.2) is 48.5 Å². The maximum atomic E-state index is 13.3. The molecule has 1 amide bonds. The normalized spacial score (nSPS) is 13.4. The van der Waals surface area contributed by atoms with Gasteiger partial charge in [0.25, 0.3) is 0 Å². The highest BCUT2D eigenvalue weighted by Crippen LogP contribution is 2.25. The Morgan fingerprint density at radius 2 is 1.59 bits per heavy atom. The minimum Gasteiger partial charge on any atom is -0.464 e. The lowest BCUT2D eigenvalue weighted by Gasteiger charge is -2.43. The Balaban J connectivity index is 2.11. The zero-order valence-electron chi connectivity index (χ0n) is 22.2. The van der Waals surface area contributed by atoms with Crippen LogP contribution in [-0.2, 0) is 27.2 Å². The van der Waals surface area contributed by atoms with E-state index in [0.29, 0.717) is 18.0 Å². The van der Waals surface area contributed by atoms with Crippen LogP contribution in [0, 0.1) is 5.82 Å². The molecule has 37 heavy (non-hydrogen) atoms. The van der Waals surface area contributed by atoms with Gasteiger partial charge in [-0.3, -0.25) is 4.79 Å². The van der Waals surface area contributed by atoms with Crippen molar-refractivity contribution in [1.82, 2.24) is 5.32 Å². The molecule has 0 heterocycles. The number of rotatable bonds is 13. The van der Waals surface area contributed by atoms with E-state index in [1.165, 1.54) is 12.1 Å². The van der Waals surface area contributed by atoms with Gasteiger partial charge < -0.3 is 20.7 Å². The maximum absolute atomic E-state index is 13.3. The first-order valence-corrected chi connectivity index (χ1v) is 13.3. The van der Waals surface area contributed by atoms with E-state index >= 15 is 0 Å². The first kappa shape index (κ1) is 31.1. The fourth-order valence-corrected chi connectivity index (χ4v) is 4.10. The van der Waals surface area contributed by atoms with Crippen molar-refractivity contribution in [3.63, 3.8) is 0 Å². The van der Waals surface area contributed by atoms with Crippen molar-refractivity contribution < 1.29 is 18.7 Å². The molecule has 2 unspecified atom stereocenters. The van der Waals surface area contributed by atoms with Crippen LogP contribution in [0.3, 0.4) is 0 Å². The molecule has 0 fully saturated rings. The Hall–Kier alpha value is -2.09. The molecule has 0 saturated heterocycles. The van der Waals surface area contributed by atoms with Crippen molar-refractivity contribution in [3.05, 3.63) is 65.5 Å². The molecule has 3 N–H and O–H groups in total. The fraction of sp³-hybridized carbons (Fsp3) is 0.417. The standard InChI is InChI=1S/C24H34B4Cl2FN3O3/c1-2-37-22(36)20(12-16-3-7-17(31)8-4-16)33-21(35)19(32)11-15-5-9-18(10-6-15)34(14-23(25,26)30)24(27,28)13-29/h3-10,19-20H,2,11-14,25-28,32H2,1H3,(H,33,35). The van der Waals surface area contributed by atoms with Crippen LogP contribution in [0.1, 0.15) is 18.1 Å². The quantitative estimate of drug-likeness (QED) is 0.194. The Morgan fingerprint density at radius 3 is 2.11 bits per heavy atom. The van der Waals surface area contributed by atoms with Gasteiger partial charge in [-0.25, -0.2) is 9.18 Å². The number of nitrogens with zero attached hydrogens (tertiary/aromatic N) is 1. The SMILES string of the molecule is BC(B)(Cl)CN(c1ccc(CC(N)C(=O)NC(Cc2ccc(F)cc2)C(=O)OCC)cc1)C(B)(B)CCl. The lowest BCUT2D eigenvalue weighted by atomic mass is 9.60. The van der Waals surface area contributed by atoms with Crippen LogP contribution in [0.2, 0.25) is 0 Å². The molecule has 0 saturated carbocycles. The van der Waals surface area contributed by atoms with Gasteiger partial charge in [-0.05, 0) is 54.1 Å². The second-order valence-electron chi connectivity index (χ2n) is 10.4. The summed E-state index contributed by atoms with van der Waals surface area (Å²) < 4.78 is 17.9. The number of halogens is 3. The maximum Gasteiger partial charge on any atom is 0.328 e. The van der Waals surface area contributed by atoms with E-state index in [-0.39, 0.29) is 30.6 Å². The third-order valence-corrected chi connectivity index (χ3v) is 6.65. The summed E-state index contributed by atoms with van der Waals surface area (Å²) in [5.41, 5.74) is 8.71. The first-order chi connectivity index (χ1) is 17.3. The van der Waals surface area contributed by atoms with Crippen molar-refractivity contribution in [3.8, 4) is 0 Å². The van der Waals surface area contributed by atoms with Crippen LogP contribution in [0.4, 0.5) is 10.1 Å². The van der Waals surface area contributed by atoms with Gasteiger partial charge in [-0.2, -0.15) is 0 Å². The number of nitrogens with one attached hydrogen (secondary N) is 1. The molecular formula is C24H34B4Cl2FN3O3. The summed E-state index contributed by atoms with van der Waals surface area (Å²) >= 11 is 12.8. The molecule has 2 atom stereocenters. The van der Waals surface area contributed by atoms with E-state index in [4.69, 9.17) is 33.7 Å². The largest absolute Gasteiger partial charge is 0.464 e. The Bertz CT molecular complexity index is 1040. The number of benzene rings is 2. The molecule has 0 spiro atoms. The predicted octanol–water partition coefficient (Wildman–Crippen LogP) is -0.890. The van der Waals surface area contributed by atoms with Crippen LogP contribution in [0.25, 0.3) is 0 Å². The highest BCUT2D eigenvalue weighted by atomic mass is 35.5. The average molecular weight is 546 g/mol. The lowest BCUT2D eigenvalue weighted by Crippen LogP contribution is -2.56. The van der Waals surface area contributed by atoms with Crippen LogP contribution in [0.5, 0.6) is 0 Å². The van der Waals surface area contributed by atoms with Crippen molar-refractivity contribution in [2.75, 3.05) is 23.9 Å². The first-order valence-electron chi connectivity index (χ1n) is 12.3. The van der Waals surface area contributed by atoms with E-state index in [2.05, 4.69) is 25.9 Å². The Labute approximate surface area is 232 Å². The van der Waals surface area contributed by atoms with Gasteiger partial charge in [0.2, 0.25) is 5.91 Å². The molecule has 6 nitrogen and oxygen atoms in total. The Kier molecular flexibility index (Phi) is 11.5. The summed E-state index contributed by atoms with van der Waals surface area (Å²) in [7, 11) is 8.03. The zero-order chi connectivity index (χ0) is 27.8. The molecule has 0 bridgehead atoms. The van der Waals surface area contributed by atoms with Gasteiger partial charge in [0.05, 0.1) is 12.6 Å². The number of amides is 1. The van der Waals surface area contributed by atoms with E-state index < -0.39 is 28.6 Å². The lowest BCUT2D eigenvalue weighted by molar-refractivity contribution is -0.147. The number of anilines is 1. The van der Waals surface area contributed by atoms with Crippen LogP contribution >= 0.6 is 23.2 Å². The van der Waals surface area contributed by atoms with Gasteiger partial charge in [-0.1, -0.05) is 24.3 Å². The molecule has 196 valence electrons. The molecule has 0 aliphatic heterocycles. The number of hydrogen-bond donors (Lipinski definition) is 2. The summed E-state index contributed by atoms with van der Waals surface area (Å²) in [5.74, 6) is -1.00. The summed E-state index contributed by atoms with van der Waals surface area (Å²) in [6, 6.07) is 11.7. The molecular weight excluding hydrogens is 511 g/mol. The number of ether oxygens (including phenoxy) is 1. The minimum atomic E-state index is -0.934. The summed E-state index contributed by atoms with van der Waals surface area (Å²) in [4.78, 5) is 27.5. The molecule has 2 aromatic rings. The van der Waals surface area contributed by atoms with Gasteiger partial charge in [0.15, 0.2) is 0 Å². The van der Waals surface area contributed by atoms with Crippen molar-refractivity contribution >= 4 is 72.2 Å². The van der Waals surface area contributed by atoms with E-state index in [1.807, 2.05) is 40.0 Å². The van der Waals surface area contributed by atoms with Crippen molar-refractivity contribution in [2.45, 2.75) is 41.9 Å². The van der Waals surface area contributed by atoms with Gasteiger partial charge in [0.1, 0.15) is 43.2 Å².